The van der Waals surface area contributed by atoms with Gasteiger partial charge >= 0.3 is 0 Å². The monoisotopic (exact) mass is 244 g/mol. The van der Waals surface area contributed by atoms with Crippen LogP contribution in [0, 0.1) is 17.5 Å². The molecule has 17 heavy (non-hydrogen) atoms. The van der Waals surface area contributed by atoms with Gasteiger partial charge in [-0.15, -0.1) is 0 Å². The predicted molar refractivity (Wildman–Crippen MR) is 60.6 cm³/mol. The summed E-state index contributed by atoms with van der Waals surface area (Å²) in [5.41, 5.74) is 0.404. The van der Waals surface area contributed by atoms with Crippen molar-refractivity contribution in [3.8, 4) is 0 Å². The summed E-state index contributed by atoms with van der Waals surface area (Å²) < 4.78 is 39.1. The standard InChI is InChI=1S/C12H15F3N2/c1-16-8-3-2-4-17(7-8)9-5-10(13)12(15)11(14)6-9/h5-6,8,16H,2-4,7H2,1H3. The molecule has 1 saturated heterocycles. The molecule has 0 amide bonds. The van der Waals surface area contributed by atoms with Crippen LogP contribution in [0.5, 0.6) is 0 Å². The van der Waals surface area contributed by atoms with Crippen molar-refractivity contribution in [3.63, 3.8) is 0 Å². The molecule has 94 valence electrons. The molecule has 1 aliphatic heterocycles. The number of hydrogen-bond donors (Lipinski definition) is 1. The number of hydrogen-bond acceptors (Lipinski definition) is 2. The van der Waals surface area contributed by atoms with E-state index in [0.717, 1.165) is 31.5 Å². The topological polar surface area (TPSA) is 15.3 Å². The Labute approximate surface area is 98.4 Å². The van der Waals surface area contributed by atoms with Gasteiger partial charge in [0.25, 0.3) is 0 Å². The van der Waals surface area contributed by atoms with Gasteiger partial charge < -0.3 is 10.2 Å². The number of nitrogens with one attached hydrogen (secondary N) is 1. The number of anilines is 1. The third-order valence-corrected chi connectivity index (χ3v) is 3.16. The first-order valence-electron chi connectivity index (χ1n) is 5.68. The third kappa shape index (κ3) is 2.54. The Morgan fingerprint density at radius 2 is 1.88 bits per heavy atom. The lowest BCUT2D eigenvalue weighted by atomic mass is 10.1. The van der Waals surface area contributed by atoms with Crippen molar-refractivity contribution in [2.75, 3.05) is 25.0 Å². The molecule has 0 radical (unpaired) electrons. The van der Waals surface area contributed by atoms with Gasteiger partial charge in [0, 0.05) is 37.0 Å². The van der Waals surface area contributed by atoms with Gasteiger partial charge in [-0.1, -0.05) is 0 Å². The number of piperidine rings is 1. The first-order valence-corrected chi connectivity index (χ1v) is 5.68. The van der Waals surface area contributed by atoms with Gasteiger partial charge in [-0.2, -0.15) is 0 Å². The van der Waals surface area contributed by atoms with Crippen molar-refractivity contribution in [1.29, 1.82) is 0 Å². The largest absolute Gasteiger partial charge is 0.370 e. The molecular formula is C12H15F3N2. The van der Waals surface area contributed by atoms with Crippen LogP contribution < -0.4 is 10.2 Å². The van der Waals surface area contributed by atoms with E-state index in [9.17, 15) is 13.2 Å². The molecule has 0 bridgehead atoms. The lowest BCUT2D eigenvalue weighted by Gasteiger charge is -2.34. The summed E-state index contributed by atoms with van der Waals surface area (Å²) in [6, 6.07) is 2.41. The number of rotatable bonds is 2. The highest BCUT2D eigenvalue weighted by Crippen LogP contribution is 2.24. The SMILES string of the molecule is CNC1CCCN(c2cc(F)c(F)c(F)c2)C1. The molecule has 1 heterocycles. The molecule has 1 aliphatic rings. The smallest absolute Gasteiger partial charge is 0.194 e. The van der Waals surface area contributed by atoms with Gasteiger partial charge in [-0.3, -0.25) is 0 Å². The molecule has 1 unspecified atom stereocenters. The zero-order valence-corrected chi connectivity index (χ0v) is 9.64. The molecule has 1 aromatic carbocycles. The lowest BCUT2D eigenvalue weighted by Crippen LogP contribution is -2.44. The summed E-state index contributed by atoms with van der Waals surface area (Å²) in [6.07, 6.45) is 1.99. The zero-order chi connectivity index (χ0) is 12.4. The van der Waals surface area contributed by atoms with Crippen molar-refractivity contribution >= 4 is 5.69 Å². The summed E-state index contributed by atoms with van der Waals surface area (Å²) in [7, 11) is 1.86. The minimum Gasteiger partial charge on any atom is -0.370 e. The van der Waals surface area contributed by atoms with Crippen LogP contribution in [0.15, 0.2) is 12.1 Å². The number of benzene rings is 1. The summed E-state index contributed by atoms with van der Waals surface area (Å²) in [4.78, 5) is 1.87. The van der Waals surface area contributed by atoms with E-state index < -0.39 is 17.5 Å². The third-order valence-electron chi connectivity index (χ3n) is 3.16. The highest BCUT2D eigenvalue weighted by molar-refractivity contribution is 5.47. The Morgan fingerprint density at radius 1 is 1.24 bits per heavy atom. The van der Waals surface area contributed by atoms with Gasteiger partial charge in [0.15, 0.2) is 17.5 Å². The van der Waals surface area contributed by atoms with Crippen LogP contribution in [-0.4, -0.2) is 26.2 Å². The molecule has 2 rings (SSSR count). The molecule has 2 nitrogen and oxygen atoms in total. The molecule has 0 saturated carbocycles. The van der Waals surface area contributed by atoms with E-state index in [0.29, 0.717) is 18.3 Å². The van der Waals surface area contributed by atoms with E-state index in [2.05, 4.69) is 5.32 Å². The van der Waals surface area contributed by atoms with Crippen LogP contribution in [0.1, 0.15) is 12.8 Å². The fourth-order valence-electron chi connectivity index (χ4n) is 2.17. The maximum absolute atomic E-state index is 13.1. The first-order chi connectivity index (χ1) is 8.11. The Kier molecular flexibility index (Phi) is 3.57. The highest BCUT2D eigenvalue weighted by Gasteiger charge is 2.21. The van der Waals surface area contributed by atoms with E-state index in [-0.39, 0.29) is 0 Å². The van der Waals surface area contributed by atoms with Crippen LogP contribution in [0.25, 0.3) is 0 Å². The van der Waals surface area contributed by atoms with Gasteiger partial charge in [-0.05, 0) is 19.9 Å². The molecule has 0 aliphatic carbocycles. The van der Waals surface area contributed by atoms with E-state index in [1.807, 2.05) is 11.9 Å². The minimum atomic E-state index is -1.41. The molecule has 1 atom stereocenters. The number of halogens is 3. The Morgan fingerprint density at radius 3 is 2.47 bits per heavy atom. The highest BCUT2D eigenvalue weighted by atomic mass is 19.2. The summed E-state index contributed by atoms with van der Waals surface area (Å²) >= 11 is 0. The van der Waals surface area contributed by atoms with E-state index in [4.69, 9.17) is 0 Å². The second-order valence-electron chi connectivity index (χ2n) is 4.30. The summed E-state index contributed by atoms with van der Waals surface area (Å²) in [6.45, 7) is 1.42. The maximum atomic E-state index is 13.1. The average molecular weight is 244 g/mol. The molecular weight excluding hydrogens is 229 g/mol. The van der Waals surface area contributed by atoms with E-state index >= 15 is 0 Å². The maximum Gasteiger partial charge on any atom is 0.194 e. The van der Waals surface area contributed by atoms with Crippen molar-refractivity contribution in [2.45, 2.75) is 18.9 Å². The van der Waals surface area contributed by atoms with Gasteiger partial charge in [0.1, 0.15) is 0 Å². The van der Waals surface area contributed by atoms with Gasteiger partial charge in [0.2, 0.25) is 0 Å². The van der Waals surface area contributed by atoms with Crippen LogP contribution in [0.3, 0.4) is 0 Å². The van der Waals surface area contributed by atoms with Crippen molar-refractivity contribution in [3.05, 3.63) is 29.6 Å². The number of nitrogens with zero attached hydrogens (tertiary/aromatic N) is 1. The fraction of sp³-hybridized carbons (Fsp3) is 0.500. The van der Waals surface area contributed by atoms with Crippen LogP contribution in [0.2, 0.25) is 0 Å². The second kappa shape index (κ2) is 4.96. The molecule has 0 spiro atoms. The fourth-order valence-corrected chi connectivity index (χ4v) is 2.17. The van der Waals surface area contributed by atoms with Gasteiger partial charge in [0.05, 0.1) is 0 Å². The first kappa shape index (κ1) is 12.2. The van der Waals surface area contributed by atoms with Crippen LogP contribution in [-0.2, 0) is 0 Å². The van der Waals surface area contributed by atoms with Crippen molar-refractivity contribution < 1.29 is 13.2 Å². The molecule has 0 aromatic heterocycles. The average Bonchev–Trinajstić information content (AvgIpc) is 2.35. The Bertz CT molecular complexity index is 386. The Balaban J connectivity index is 2.22. The molecule has 1 N–H and O–H groups in total. The summed E-state index contributed by atoms with van der Waals surface area (Å²) in [5, 5.41) is 3.14. The molecule has 5 heteroatoms. The predicted octanol–water partition coefficient (Wildman–Crippen LogP) is 2.29. The van der Waals surface area contributed by atoms with E-state index in [1.165, 1.54) is 0 Å². The van der Waals surface area contributed by atoms with Gasteiger partial charge in [-0.25, -0.2) is 13.2 Å². The zero-order valence-electron chi connectivity index (χ0n) is 9.64. The Hall–Kier alpha value is -1.23. The van der Waals surface area contributed by atoms with Crippen LogP contribution in [0.4, 0.5) is 18.9 Å². The molecule has 1 aromatic rings. The quantitative estimate of drug-likeness (QED) is 0.803. The lowest BCUT2D eigenvalue weighted by molar-refractivity contribution is 0.436. The number of likely N-dealkylation sites (N-methyl/N-ethyl adjacent to an activating group) is 1. The van der Waals surface area contributed by atoms with Crippen molar-refractivity contribution in [1.82, 2.24) is 5.32 Å². The van der Waals surface area contributed by atoms with E-state index in [1.54, 1.807) is 0 Å². The minimum absolute atomic E-state index is 0.305. The molecule has 1 fully saturated rings. The van der Waals surface area contributed by atoms with Crippen molar-refractivity contribution in [2.24, 2.45) is 0 Å². The summed E-state index contributed by atoms with van der Waals surface area (Å²) in [5.74, 6) is -3.67. The second-order valence-corrected chi connectivity index (χ2v) is 4.30. The van der Waals surface area contributed by atoms with Crippen LogP contribution >= 0.6 is 0 Å². The normalized spacial score (nSPS) is 20.7.